The Kier molecular flexibility index (Phi) is 3.15. The van der Waals surface area contributed by atoms with Gasteiger partial charge in [0.15, 0.2) is 5.16 Å². The third-order valence-electron chi connectivity index (χ3n) is 1.51. The quantitative estimate of drug-likeness (QED) is 0.629. The first-order valence-electron chi connectivity index (χ1n) is 3.78. The average molecular weight is 288 g/mol. The van der Waals surface area contributed by atoms with Crippen molar-refractivity contribution in [2.75, 3.05) is 6.26 Å². The van der Waals surface area contributed by atoms with Crippen LogP contribution in [-0.4, -0.2) is 21.2 Å². The van der Waals surface area contributed by atoms with Crippen LogP contribution < -0.4 is 0 Å². The normalized spacial score (nSPS) is 10.4. The van der Waals surface area contributed by atoms with Gasteiger partial charge in [0, 0.05) is 11.6 Å². The molecule has 0 unspecified atom stereocenters. The summed E-state index contributed by atoms with van der Waals surface area (Å²) in [6.45, 7) is 0. The van der Waals surface area contributed by atoms with Crippen LogP contribution in [0.15, 0.2) is 27.4 Å². The summed E-state index contributed by atoms with van der Waals surface area (Å²) in [5, 5.41) is 3.62. The zero-order valence-corrected chi connectivity index (χ0v) is 10.5. The SMILES string of the molecule is CSc1nccc(-c2nc(Br)cs2)n1. The third-order valence-corrected chi connectivity index (χ3v) is 3.65. The molecule has 2 rings (SSSR count). The molecule has 0 fully saturated rings. The molecule has 0 saturated carbocycles. The van der Waals surface area contributed by atoms with Crippen molar-refractivity contribution in [2.24, 2.45) is 0 Å². The molecule has 0 atom stereocenters. The van der Waals surface area contributed by atoms with Gasteiger partial charge in [0.2, 0.25) is 0 Å². The van der Waals surface area contributed by atoms with E-state index >= 15 is 0 Å². The van der Waals surface area contributed by atoms with Crippen molar-refractivity contribution < 1.29 is 0 Å². The molecule has 0 aliphatic heterocycles. The summed E-state index contributed by atoms with van der Waals surface area (Å²) in [6, 6.07) is 1.87. The Hall–Kier alpha value is -0.460. The minimum absolute atomic E-state index is 0.772. The van der Waals surface area contributed by atoms with E-state index in [4.69, 9.17) is 0 Å². The molecular formula is C8H6BrN3S2. The minimum Gasteiger partial charge on any atom is -0.231 e. The maximum absolute atomic E-state index is 4.35. The second kappa shape index (κ2) is 4.37. The van der Waals surface area contributed by atoms with E-state index < -0.39 is 0 Å². The first-order valence-corrected chi connectivity index (χ1v) is 6.68. The van der Waals surface area contributed by atoms with E-state index in [9.17, 15) is 0 Å². The predicted octanol–water partition coefficient (Wildman–Crippen LogP) is 3.08. The fraction of sp³-hybridized carbons (Fsp3) is 0.125. The third kappa shape index (κ3) is 2.13. The molecule has 0 aromatic carbocycles. The fourth-order valence-electron chi connectivity index (χ4n) is 0.930. The molecule has 0 aliphatic carbocycles. The second-order valence-electron chi connectivity index (χ2n) is 2.40. The predicted molar refractivity (Wildman–Crippen MR) is 62.6 cm³/mol. The second-order valence-corrected chi connectivity index (χ2v) is 4.85. The van der Waals surface area contributed by atoms with Crippen molar-refractivity contribution in [3.05, 3.63) is 22.2 Å². The van der Waals surface area contributed by atoms with Gasteiger partial charge in [-0.05, 0) is 28.3 Å². The summed E-state index contributed by atoms with van der Waals surface area (Å²) in [4.78, 5) is 12.8. The van der Waals surface area contributed by atoms with Gasteiger partial charge in [0.1, 0.15) is 15.3 Å². The lowest BCUT2D eigenvalue weighted by Gasteiger charge is -1.96. The van der Waals surface area contributed by atoms with Gasteiger partial charge in [-0.1, -0.05) is 11.8 Å². The highest BCUT2D eigenvalue weighted by Gasteiger charge is 2.05. The largest absolute Gasteiger partial charge is 0.231 e. The molecule has 2 aromatic heterocycles. The lowest BCUT2D eigenvalue weighted by atomic mass is 10.4. The van der Waals surface area contributed by atoms with Crippen LogP contribution in [0.2, 0.25) is 0 Å². The number of halogens is 1. The minimum atomic E-state index is 0.772. The summed E-state index contributed by atoms with van der Waals surface area (Å²) >= 11 is 6.41. The summed E-state index contributed by atoms with van der Waals surface area (Å²) in [5.41, 5.74) is 0.875. The summed E-state index contributed by atoms with van der Waals surface area (Å²) in [6.07, 6.45) is 3.71. The maximum Gasteiger partial charge on any atom is 0.187 e. The lowest BCUT2D eigenvalue weighted by Crippen LogP contribution is -1.87. The van der Waals surface area contributed by atoms with Crippen molar-refractivity contribution in [3.8, 4) is 10.7 Å². The van der Waals surface area contributed by atoms with Crippen LogP contribution in [0.5, 0.6) is 0 Å². The Balaban J connectivity index is 2.41. The highest BCUT2D eigenvalue weighted by Crippen LogP contribution is 2.24. The molecule has 0 amide bonds. The van der Waals surface area contributed by atoms with Crippen molar-refractivity contribution in [2.45, 2.75) is 5.16 Å². The molecule has 2 aromatic rings. The molecule has 14 heavy (non-hydrogen) atoms. The summed E-state index contributed by atoms with van der Waals surface area (Å²) in [7, 11) is 0. The Morgan fingerprint density at radius 3 is 2.93 bits per heavy atom. The molecule has 3 nitrogen and oxygen atoms in total. The van der Waals surface area contributed by atoms with E-state index in [2.05, 4.69) is 30.9 Å². The Morgan fingerprint density at radius 2 is 2.29 bits per heavy atom. The molecule has 0 saturated heterocycles. The van der Waals surface area contributed by atoms with Gasteiger partial charge in [-0.2, -0.15) is 0 Å². The number of aromatic nitrogens is 3. The van der Waals surface area contributed by atoms with Crippen molar-refractivity contribution in [3.63, 3.8) is 0 Å². The Bertz CT molecular complexity index is 444. The monoisotopic (exact) mass is 287 g/mol. The van der Waals surface area contributed by atoms with E-state index in [1.807, 2.05) is 17.7 Å². The number of hydrogen-bond acceptors (Lipinski definition) is 5. The number of thioether (sulfide) groups is 1. The lowest BCUT2D eigenvalue weighted by molar-refractivity contribution is 0.974. The van der Waals surface area contributed by atoms with E-state index in [0.717, 1.165) is 20.5 Å². The van der Waals surface area contributed by atoms with Gasteiger partial charge in [-0.3, -0.25) is 0 Å². The van der Waals surface area contributed by atoms with Crippen molar-refractivity contribution >= 4 is 39.0 Å². The first kappa shape index (κ1) is 10.1. The van der Waals surface area contributed by atoms with Crippen LogP contribution in [0.3, 0.4) is 0 Å². The zero-order valence-electron chi connectivity index (χ0n) is 7.27. The Labute approximate surface area is 98.1 Å². The molecule has 6 heteroatoms. The number of thiazole rings is 1. The average Bonchev–Trinajstić information content (AvgIpc) is 2.65. The summed E-state index contributed by atoms with van der Waals surface area (Å²) < 4.78 is 0.849. The van der Waals surface area contributed by atoms with E-state index in [1.165, 1.54) is 11.8 Å². The van der Waals surface area contributed by atoms with Crippen molar-refractivity contribution in [1.29, 1.82) is 0 Å². The Morgan fingerprint density at radius 1 is 1.43 bits per heavy atom. The van der Waals surface area contributed by atoms with Crippen LogP contribution in [0, 0.1) is 0 Å². The van der Waals surface area contributed by atoms with E-state index in [1.54, 1.807) is 17.5 Å². The van der Waals surface area contributed by atoms with Crippen molar-refractivity contribution in [1.82, 2.24) is 15.0 Å². The highest BCUT2D eigenvalue weighted by molar-refractivity contribution is 9.10. The van der Waals surface area contributed by atoms with Crippen LogP contribution in [0.4, 0.5) is 0 Å². The van der Waals surface area contributed by atoms with Crippen LogP contribution in [-0.2, 0) is 0 Å². The van der Waals surface area contributed by atoms with Gasteiger partial charge < -0.3 is 0 Å². The molecule has 0 radical (unpaired) electrons. The van der Waals surface area contributed by atoms with E-state index in [0.29, 0.717) is 0 Å². The van der Waals surface area contributed by atoms with Gasteiger partial charge in [-0.25, -0.2) is 15.0 Å². The zero-order chi connectivity index (χ0) is 9.97. The highest BCUT2D eigenvalue weighted by atomic mass is 79.9. The molecule has 72 valence electrons. The smallest absolute Gasteiger partial charge is 0.187 e. The van der Waals surface area contributed by atoms with E-state index in [-0.39, 0.29) is 0 Å². The van der Waals surface area contributed by atoms with Crippen LogP contribution in [0.25, 0.3) is 10.7 Å². The van der Waals surface area contributed by atoms with Gasteiger partial charge in [0.25, 0.3) is 0 Å². The molecular weight excluding hydrogens is 282 g/mol. The summed E-state index contributed by atoms with van der Waals surface area (Å²) in [5.74, 6) is 0. The van der Waals surface area contributed by atoms with Crippen LogP contribution >= 0.6 is 39.0 Å². The standard InChI is InChI=1S/C8H6BrN3S2/c1-13-8-10-3-2-5(11-8)7-12-6(9)4-14-7/h2-4H,1H3. The number of hydrogen-bond donors (Lipinski definition) is 0. The maximum atomic E-state index is 4.35. The molecule has 2 heterocycles. The first-order chi connectivity index (χ1) is 6.79. The molecule has 0 spiro atoms. The van der Waals surface area contributed by atoms with Gasteiger partial charge in [-0.15, -0.1) is 11.3 Å². The fourth-order valence-corrected chi connectivity index (χ4v) is 2.51. The van der Waals surface area contributed by atoms with Gasteiger partial charge >= 0.3 is 0 Å². The molecule has 0 N–H and O–H groups in total. The molecule has 0 aliphatic rings. The topological polar surface area (TPSA) is 38.7 Å². The number of rotatable bonds is 2. The van der Waals surface area contributed by atoms with Crippen LogP contribution in [0.1, 0.15) is 0 Å². The molecule has 0 bridgehead atoms. The van der Waals surface area contributed by atoms with Gasteiger partial charge in [0.05, 0.1) is 0 Å². The number of nitrogens with zero attached hydrogens (tertiary/aromatic N) is 3.